The van der Waals surface area contributed by atoms with Crippen molar-refractivity contribution in [2.75, 3.05) is 0 Å². The van der Waals surface area contributed by atoms with Crippen molar-refractivity contribution in [3.8, 4) is 5.69 Å². The van der Waals surface area contributed by atoms with E-state index in [4.69, 9.17) is 0 Å². The summed E-state index contributed by atoms with van der Waals surface area (Å²) in [6, 6.07) is 68.6. The summed E-state index contributed by atoms with van der Waals surface area (Å²) in [4.78, 5) is 0. The molecule has 0 saturated carbocycles. The number of nitrogens with zero attached hydrogens (tertiary/aromatic N) is 1. The van der Waals surface area contributed by atoms with E-state index in [1.54, 1.807) is 0 Å². The molecule has 8 aromatic rings. The third-order valence-corrected chi connectivity index (χ3v) is 16.6. The molecule has 1 nitrogen and oxygen atoms in total. The van der Waals surface area contributed by atoms with E-state index < -0.39 is 17.6 Å². The molecule has 0 saturated heterocycles. The Morgan fingerprint density at radius 2 is 0.898 bits per heavy atom. The first kappa shape index (κ1) is 31.1. The Hall–Kier alpha value is -5.23. The van der Waals surface area contributed by atoms with Crippen LogP contribution in [0.1, 0.15) is 26.3 Å². The molecule has 3 heteroatoms. The van der Waals surface area contributed by atoms with Crippen molar-refractivity contribution in [1.82, 2.24) is 4.57 Å². The maximum Gasteiger partial charge on any atom is 0.179 e. The van der Waals surface area contributed by atoms with Gasteiger partial charge in [-0.1, -0.05) is 189 Å². The van der Waals surface area contributed by atoms with Gasteiger partial charge in [0.2, 0.25) is 0 Å². The van der Waals surface area contributed by atoms with Gasteiger partial charge in [0.15, 0.2) is 8.07 Å². The Kier molecular flexibility index (Phi) is 8.03. The van der Waals surface area contributed by atoms with Gasteiger partial charge in [0.05, 0.1) is 20.6 Å². The largest absolute Gasteiger partial charge is 0.309 e. The van der Waals surface area contributed by atoms with Gasteiger partial charge in [0.25, 0.3) is 0 Å². The molecule has 1 heterocycles. The predicted octanol–water partition coefficient (Wildman–Crippen LogP) is 6.58. The van der Waals surface area contributed by atoms with Crippen molar-refractivity contribution in [3.05, 3.63) is 188 Å². The Morgan fingerprint density at radius 3 is 1.41 bits per heavy atom. The third kappa shape index (κ3) is 5.59. The molecule has 0 atom stereocenters. The average Bonchev–Trinajstić information content (AvgIpc) is 3.46. The maximum absolute atomic E-state index is 2.68. The molecule has 0 N–H and O–H groups in total. The molecule has 1 aromatic heterocycles. The third-order valence-electron chi connectivity index (χ3n) is 10.1. The molecule has 0 amide bonds. The van der Waals surface area contributed by atoms with Gasteiger partial charge in [-0.25, -0.2) is 0 Å². The molecule has 0 spiro atoms. The molecule has 0 aliphatic heterocycles. The van der Waals surface area contributed by atoms with E-state index >= 15 is 0 Å². The van der Waals surface area contributed by atoms with E-state index in [0.717, 1.165) is 0 Å². The summed E-state index contributed by atoms with van der Waals surface area (Å²) in [7, 11) is -3.30. The van der Waals surface area contributed by atoms with E-state index in [1.165, 1.54) is 64.2 Å². The zero-order valence-corrected chi connectivity index (χ0v) is 30.9. The lowest BCUT2D eigenvalue weighted by atomic mass is 9.87. The van der Waals surface area contributed by atoms with Gasteiger partial charge in [-0.05, 0) is 56.0 Å². The van der Waals surface area contributed by atoms with Gasteiger partial charge in [-0.2, -0.15) is 0 Å². The monoisotopic (exact) mass is 663 g/mol. The van der Waals surface area contributed by atoms with Gasteiger partial charge >= 0.3 is 0 Å². The Balaban J connectivity index is 1.43. The van der Waals surface area contributed by atoms with Crippen molar-refractivity contribution < 1.29 is 0 Å². The second kappa shape index (κ2) is 12.7. The molecule has 7 aromatic carbocycles. The van der Waals surface area contributed by atoms with Gasteiger partial charge in [-0.3, -0.25) is 0 Å². The SMILES string of the molecule is CC(C)(C)c1ccc(-n2c3ccc([SiH2]c4ccccc4)cc3c3cc([Si](c4ccccc4)(c4ccccc4)c4ccccc4)ccc32)cc1. The molecule has 0 fully saturated rings. The molecule has 0 radical (unpaired) electrons. The van der Waals surface area contributed by atoms with Crippen molar-refractivity contribution in [1.29, 1.82) is 0 Å². The van der Waals surface area contributed by atoms with Crippen molar-refractivity contribution in [2.45, 2.75) is 26.2 Å². The van der Waals surface area contributed by atoms with Crippen LogP contribution in [0.25, 0.3) is 27.5 Å². The van der Waals surface area contributed by atoms with Crippen LogP contribution < -0.4 is 31.1 Å². The minimum atomic E-state index is -2.68. The van der Waals surface area contributed by atoms with Crippen LogP contribution in [0.4, 0.5) is 0 Å². The van der Waals surface area contributed by atoms with Crippen LogP contribution in [-0.4, -0.2) is 22.2 Å². The minimum absolute atomic E-state index is 0.103. The highest BCUT2D eigenvalue weighted by molar-refractivity contribution is 7.20. The summed E-state index contributed by atoms with van der Waals surface area (Å²) in [5.41, 5.74) is 5.16. The minimum Gasteiger partial charge on any atom is -0.309 e. The van der Waals surface area contributed by atoms with Crippen LogP contribution in [0.2, 0.25) is 0 Å². The predicted molar refractivity (Wildman–Crippen MR) is 217 cm³/mol. The highest BCUT2D eigenvalue weighted by Gasteiger charge is 2.41. The van der Waals surface area contributed by atoms with Crippen LogP contribution in [0.3, 0.4) is 0 Å². The van der Waals surface area contributed by atoms with E-state index in [2.05, 4.69) is 207 Å². The first-order valence-electron chi connectivity index (χ1n) is 17.3. The lowest BCUT2D eigenvalue weighted by Crippen LogP contribution is -2.74. The number of rotatable bonds is 7. The topological polar surface area (TPSA) is 4.93 Å². The Labute approximate surface area is 293 Å². The van der Waals surface area contributed by atoms with Crippen LogP contribution in [0, 0.1) is 0 Å². The van der Waals surface area contributed by atoms with Gasteiger partial charge in [0, 0.05) is 16.5 Å². The first-order valence-corrected chi connectivity index (χ1v) is 20.7. The molecule has 0 bridgehead atoms. The van der Waals surface area contributed by atoms with Gasteiger partial charge in [-0.15, -0.1) is 0 Å². The lowest BCUT2D eigenvalue weighted by Gasteiger charge is -2.34. The Morgan fingerprint density at radius 1 is 0.429 bits per heavy atom. The molecule has 0 unspecified atom stereocenters. The fourth-order valence-corrected chi connectivity index (χ4v) is 14.0. The fraction of sp³-hybridized carbons (Fsp3) is 0.0870. The smallest absolute Gasteiger partial charge is 0.179 e. The van der Waals surface area contributed by atoms with Crippen LogP contribution in [0.15, 0.2) is 182 Å². The number of benzene rings is 7. The van der Waals surface area contributed by atoms with E-state index in [9.17, 15) is 0 Å². The summed E-state index contributed by atoms with van der Waals surface area (Å²) in [5, 5.41) is 11.2. The highest BCUT2D eigenvalue weighted by Crippen LogP contribution is 2.33. The fourth-order valence-electron chi connectivity index (χ4n) is 7.70. The van der Waals surface area contributed by atoms with Gasteiger partial charge in [0.1, 0.15) is 0 Å². The highest BCUT2D eigenvalue weighted by atomic mass is 28.3. The summed E-state index contributed by atoms with van der Waals surface area (Å²) in [6.07, 6.45) is 0. The maximum atomic E-state index is 2.55. The second-order valence-corrected chi connectivity index (χ2v) is 20.0. The van der Waals surface area contributed by atoms with Crippen molar-refractivity contribution in [2.24, 2.45) is 0 Å². The quantitative estimate of drug-likeness (QED) is 0.134. The van der Waals surface area contributed by atoms with E-state index in [0.29, 0.717) is 0 Å². The standard InChI is InChI=1S/C46H41NSi2/c1-46(2,3)34-24-26-35(27-25-34)47-44-30-28-37(48-36-16-8-4-9-17-36)32-42(44)43-33-41(29-31-45(43)47)49(38-18-10-5-11-19-38,39-20-12-6-13-21-39)40-22-14-7-15-23-40/h4-33H,48H2,1-3H3. The van der Waals surface area contributed by atoms with Crippen LogP contribution >= 0.6 is 0 Å². The van der Waals surface area contributed by atoms with E-state index in [-0.39, 0.29) is 5.41 Å². The number of aromatic nitrogens is 1. The normalized spacial score (nSPS) is 12.3. The van der Waals surface area contributed by atoms with Crippen LogP contribution in [-0.2, 0) is 5.41 Å². The lowest BCUT2D eigenvalue weighted by molar-refractivity contribution is 0.590. The van der Waals surface area contributed by atoms with E-state index in [1.807, 2.05) is 0 Å². The number of hydrogen-bond donors (Lipinski definition) is 0. The molecule has 49 heavy (non-hydrogen) atoms. The van der Waals surface area contributed by atoms with Crippen molar-refractivity contribution >= 4 is 70.5 Å². The molecule has 8 rings (SSSR count). The summed E-state index contributed by atoms with van der Waals surface area (Å²) in [6.45, 7) is 6.85. The summed E-state index contributed by atoms with van der Waals surface area (Å²) >= 11 is 0. The number of fused-ring (bicyclic) bond motifs is 3. The average molecular weight is 664 g/mol. The van der Waals surface area contributed by atoms with Gasteiger partial charge < -0.3 is 4.57 Å². The van der Waals surface area contributed by atoms with Crippen molar-refractivity contribution in [3.63, 3.8) is 0 Å². The van der Waals surface area contributed by atoms with Crippen LogP contribution in [0.5, 0.6) is 0 Å². The zero-order chi connectivity index (χ0) is 33.4. The molecular weight excluding hydrogens is 623 g/mol. The molecule has 0 aliphatic carbocycles. The summed E-state index contributed by atoms with van der Waals surface area (Å²) < 4.78 is 2.48. The summed E-state index contributed by atoms with van der Waals surface area (Å²) in [5.74, 6) is 0. The molecule has 0 aliphatic rings. The Bertz CT molecular complexity index is 2260. The zero-order valence-electron chi connectivity index (χ0n) is 28.5. The second-order valence-electron chi connectivity index (χ2n) is 14.2. The molecule has 238 valence electrons. The first-order chi connectivity index (χ1) is 23.9. The molecular formula is C46H41NSi2. The number of hydrogen-bond acceptors (Lipinski definition) is 0.